The molecule has 0 aliphatic carbocycles. The third kappa shape index (κ3) is 4.11. The van der Waals surface area contributed by atoms with Gasteiger partial charge in [0, 0.05) is 13.6 Å². The fourth-order valence-corrected chi connectivity index (χ4v) is 2.21. The summed E-state index contributed by atoms with van der Waals surface area (Å²) in [6, 6.07) is 9.59. The highest BCUT2D eigenvalue weighted by atomic mass is 35.5. The molecule has 0 saturated heterocycles. The average Bonchev–Trinajstić information content (AvgIpc) is 2.37. The number of aromatic nitrogens is 1. The average molecular weight is 315 g/mol. The third-order valence-electron chi connectivity index (χ3n) is 3.00. The van der Waals surface area contributed by atoms with Crippen LogP contribution in [-0.2, 0) is 12.7 Å². The first-order chi connectivity index (χ1) is 9.75. The van der Waals surface area contributed by atoms with Crippen LogP contribution in [0.3, 0.4) is 0 Å². The van der Waals surface area contributed by atoms with Gasteiger partial charge in [0.1, 0.15) is 11.0 Å². The van der Waals surface area contributed by atoms with E-state index in [0.29, 0.717) is 6.54 Å². The fourth-order valence-electron chi connectivity index (χ4n) is 2.01. The maximum absolute atomic E-state index is 12.8. The van der Waals surface area contributed by atoms with Crippen LogP contribution in [0, 0.1) is 6.92 Å². The molecule has 0 saturated carbocycles. The van der Waals surface area contributed by atoms with Gasteiger partial charge in [0.2, 0.25) is 0 Å². The molecule has 2 nitrogen and oxygen atoms in total. The largest absolute Gasteiger partial charge is 0.416 e. The number of aryl methyl sites for hydroxylation is 1. The van der Waals surface area contributed by atoms with E-state index in [9.17, 15) is 13.2 Å². The predicted molar refractivity (Wildman–Crippen MR) is 77.5 cm³/mol. The molecule has 2 rings (SSSR count). The first-order valence-corrected chi connectivity index (χ1v) is 6.65. The van der Waals surface area contributed by atoms with Crippen LogP contribution in [-0.4, -0.2) is 12.0 Å². The van der Waals surface area contributed by atoms with Crippen LogP contribution in [0.15, 0.2) is 36.4 Å². The van der Waals surface area contributed by atoms with E-state index in [2.05, 4.69) is 4.98 Å². The van der Waals surface area contributed by atoms with Crippen LogP contribution in [0.5, 0.6) is 0 Å². The quantitative estimate of drug-likeness (QED) is 0.763. The minimum absolute atomic E-state index is 0.170. The Morgan fingerprint density at radius 2 is 1.90 bits per heavy atom. The molecular weight excluding hydrogens is 301 g/mol. The van der Waals surface area contributed by atoms with Crippen molar-refractivity contribution in [2.45, 2.75) is 19.6 Å². The summed E-state index contributed by atoms with van der Waals surface area (Å²) >= 11 is 5.69. The number of hydrogen-bond acceptors (Lipinski definition) is 2. The van der Waals surface area contributed by atoms with E-state index < -0.39 is 11.7 Å². The zero-order chi connectivity index (χ0) is 15.6. The molecule has 0 N–H and O–H groups in total. The summed E-state index contributed by atoms with van der Waals surface area (Å²) < 4.78 is 38.4. The van der Waals surface area contributed by atoms with Gasteiger partial charge in [0.05, 0.1) is 5.56 Å². The lowest BCUT2D eigenvalue weighted by molar-refractivity contribution is -0.137. The number of alkyl halides is 3. The standard InChI is InChI=1S/C15H14ClF3N2/c1-10-4-3-5-11(6-10)9-21(2)14-8-12(15(17,18)19)7-13(16)20-14/h3-8H,9H2,1-2H3. The van der Waals surface area contributed by atoms with Crippen molar-refractivity contribution >= 4 is 17.4 Å². The second-order valence-corrected chi connectivity index (χ2v) is 5.27. The van der Waals surface area contributed by atoms with Crippen LogP contribution in [0.25, 0.3) is 0 Å². The van der Waals surface area contributed by atoms with Crippen molar-refractivity contribution in [3.8, 4) is 0 Å². The molecule has 1 aromatic heterocycles. The molecule has 0 unspecified atom stereocenters. The highest BCUT2D eigenvalue weighted by molar-refractivity contribution is 6.29. The highest BCUT2D eigenvalue weighted by Gasteiger charge is 2.31. The van der Waals surface area contributed by atoms with E-state index in [4.69, 9.17) is 11.6 Å². The number of anilines is 1. The molecule has 0 fully saturated rings. The number of halogens is 4. The fraction of sp³-hybridized carbons (Fsp3) is 0.267. The van der Waals surface area contributed by atoms with Gasteiger partial charge in [-0.05, 0) is 24.6 Å². The highest BCUT2D eigenvalue weighted by Crippen LogP contribution is 2.32. The topological polar surface area (TPSA) is 16.1 Å². The van der Waals surface area contributed by atoms with Gasteiger partial charge in [-0.15, -0.1) is 0 Å². The molecule has 0 aliphatic heterocycles. The molecular formula is C15H14ClF3N2. The van der Waals surface area contributed by atoms with Crippen molar-refractivity contribution in [1.29, 1.82) is 0 Å². The van der Waals surface area contributed by atoms with Crippen LogP contribution >= 0.6 is 11.6 Å². The monoisotopic (exact) mass is 314 g/mol. The molecule has 0 amide bonds. The lowest BCUT2D eigenvalue weighted by Crippen LogP contribution is -2.19. The maximum Gasteiger partial charge on any atom is 0.416 e. The minimum atomic E-state index is -4.44. The Kier molecular flexibility index (Phi) is 4.42. The van der Waals surface area contributed by atoms with Gasteiger partial charge in [-0.1, -0.05) is 41.4 Å². The third-order valence-corrected chi connectivity index (χ3v) is 3.19. The molecule has 1 heterocycles. The van der Waals surface area contributed by atoms with Crippen molar-refractivity contribution in [1.82, 2.24) is 4.98 Å². The molecule has 0 spiro atoms. The summed E-state index contributed by atoms with van der Waals surface area (Å²) in [5.41, 5.74) is 1.29. The first kappa shape index (κ1) is 15.6. The molecule has 21 heavy (non-hydrogen) atoms. The van der Waals surface area contributed by atoms with Gasteiger partial charge >= 0.3 is 6.18 Å². The predicted octanol–water partition coefficient (Wildman–Crippen LogP) is 4.70. The van der Waals surface area contributed by atoms with Crippen molar-refractivity contribution in [3.05, 3.63) is 58.2 Å². The number of benzene rings is 1. The van der Waals surface area contributed by atoms with Crippen LogP contribution < -0.4 is 4.90 Å². The number of nitrogens with zero attached hydrogens (tertiary/aromatic N) is 2. The number of hydrogen-bond donors (Lipinski definition) is 0. The van der Waals surface area contributed by atoms with E-state index in [-0.39, 0.29) is 11.0 Å². The van der Waals surface area contributed by atoms with Crippen molar-refractivity contribution in [3.63, 3.8) is 0 Å². The molecule has 1 aromatic carbocycles. The molecule has 0 aliphatic rings. The van der Waals surface area contributed by atoms with E-state index in [1.165, 1.54) is 0 Å². The first-order valence-electron chi connectivity index (χ1n) is 6.27. The van der Waals surface area contributed by atoms with Crippen molar-refractivity contribution < 1.29 is 13.2 Å². The van der Waals surface area contributed by atoms with Crippen LogP contribution in [0.2, 0.25) is 5.15 Å². The number of pyridine rings is 1. The second kappa shape index (κ2) is 5.93. The van der Waals surface area contributed by atoms with Gasteiger partial charge in [-0.2, -0.15) is 13.2 Å². The van der Waals surface area contributed by atoms with Gasteiger partial charge in [0.25, 0.3) is 0 Å². The molecule has 0 bridgehead atoms. The Bertz CT molecular complexity index is 641. The van der Waals surface area contributed by atoms with E-state index >= 15 is 0 Å². The van der Waals surface area contributed by atoms with Gasteiger partial charge < -0.3 is 4.90 Å². The summed E-state index contributed by atoms with van der Waals surface area (Å²) in [5, 5.41) is -0.170. The van der Waals surface area contributed by atoms with Gasteiger partial charge in [0.15, 0.2) is 0 Å². The van der Waals surface area contributed by atoms with Crippen molar-refractivity contribution in [2.75, 3.05) is 11.9 Å². The second-order valence-electron chi connectivity index (χ2n) is 4.88. The Labute approximate surface area is 126 Å². The summed E-state index contributed by atoms with van der Waals surface area (Å²) in [7, 11) is 1.68. The Hall–Kier alpha value is -1.75. The number of rotatable bonds is 3. The Balaban J connectivity index is 2.27. The van der Waals surface area contributed by atoms with Gasteiger partial charge in [-0.25, -0.2) is 4.98 Å². The van der Waals surface area contributed by atoms with Crippen LogP contribution in [0.1, 0.15) is 16.7 Å². The molecule has 6 heteroatoms. The summed E-state index contributed by atoms with van der Waals surface area (Å²) in [4.78, 5) is 5.59. The SMILES string of the molecule is Cc1cccc(CN(C)c2cc(C(F)(F)F)cc(Cl)n2)c1. The van der Waals surface area contributed by atoms with Gasteiger partial charge in [-0.3, -0.25) is 0 Å². The van der Waals surface area contributed by atoms with Crippen LogP contribution in [0.4, 0.5) is 19.0 Å². The normalized spacial score (nSPS) is 11.5. The molecule has 0 radical (unpaired) electrons. The van der Waals surface area contributed by atoms with E-state index in [0.717, 1.165) is 23.3 Å². The van der Waals surface area contributed by atoms with Crippen molar-refractivity contribution in [2.24, 2.45) is 0 Å². The lowest BCUT2D eigenvalue weighted by Gasteiger charge is -2.20. The molecule has 0 atom stereocenters. The minimum Gasteiger partial charge on any atom is -0.355 e. The van der Waals surface area contributed by atoms with E-state index in [1.807, 2.05) is 31.2 Å². The smallest absolute Gasteiger partial charge is 0.355 e. The Morgan fingerprint density at radius 1 is 1.19 bits per heavy atom. The summed E-state index contributed by atoms with van der Waals surface area (Å²) in [5.74, 6) is 0.191. The summed E-state index contributed by atoms with van der Waals surface area (Å²) in [6.45, 7) is 2.41. The maximum atomic E-state index is 12.8. The van der Waals surface area contributed by atoms with E-state index in [1.54, 1.807) is 11.9 Å². The Morgan fingerprint density at radius 3 is 2.52 bits per heavy atom. The molecule has 2 aromatic rings. The zero-order valence-corrected chi connectivity index (χ0v) is 12.3. The summed E-state index contributed by atoms with van der Waals surface area (Å²) in [6.07, 6.45) is -4.44. The zero-order valence-electron chi connectivity index (χ0n) is 11.6. The lowest BCUT2D eigenvalue weighted by atomic mass is 10.1. The molecule has 112 valence electrons.